The quantitative estimate of drug-likeness (QED) is 0.836. The lowest BCUT2D eigenvalue weighted by atomic mass is 10.3. The van der Waals surface area contributed by atoms with Gasteiger partial charge in [-0.2, -0.15) is 0 Å². The fraction of sp³-hybridized carbons (Fsp3) is 0.500. The molecular formula is C8H10BrFN4O. The van der Waals surface area contributed by atoms with Crippen LogP contribution in [-0.2, 0) is 4.74 Å². The van der Waals surface area contributed by atoms with Crippen LogP contribution >= 0.6 is 15.9 Å². The highest BCUT2D eigenvalue weighted by Gasteiger charge is 2.33. The van der Waals surface area contributed by atoms with E-state index in [1.807, 2.05) is 0 Å². The van der Waals surface area contributed by atoms with Crippen molar-refractivity contribution in [3.63, 3.8) is 0 Å². The molecule has 0 radical (unpaired) electrons. The Balaban J connectivity index is 2.60. The summed E-state index contributed by atoms with van der Waals surface area (Å²) in [4.78, 5) is 7.99. The molecule has 1 aliphatic heterocycles. The lowest BCUT2D eigenvalue weighted by Gasteiger charge is -2.24. The number of nitrogens with two attached hydrogens (primary N) is 1. The van der Waals surface area contributed by atoms with Crippen molar-refractivity contribution >= 4 is 21.8 Å². The van der Waals surface area contributed by atoms with Gasteiger partial charge in [0.25, 0.3) is 0 Å². The highest BCUT2D eigenvalue weighted by molar-refractivity contribution is 9.10. The van der Waals surface area contributed by atoms with E-state index in [2.05, 4.69) is 25.9 Å². The summed E-state index contributed by atoms with van der Waals surface area (Å²) in [7, 11) is 1.39. The number of imidazole rings is 1. The zero-order valence-electron chi connectivity index (χ0n) is 8.24. The van der Waals surface area contributed by atoms with Crippen LogP contribution in [0.4, 0.5) is 4.39 Å². The van der Waals surface area contributed by atoms with Crippen LogP contribution in [0.15, 0.2) is 9.60 Å². The zero-order chi connectivity index (χ0) is 11.2. The van der Waals surface area contributed by atoms with E-state index in [-0.39, 0.29) is 5.84 Å². The average Bonchev–Trinajstić information content (AvgIpc) is 2.48. The minimum absolute atomic E-state index is 0.225. The summed E-state index contributed by atoms with van der Waals surface area (Å²) in [6.45, 7) is 1.70. The molecule has 2 heterocycles. The van der Waals surface area contributed by atoms with Crippen LogP contribution in [0.25, 0.3) is 0 Å². The van der Waals surface area contributed by atoms with Crippen molar-refractivity contribution in [2.24, 2.45) is 10.7 Å². The van der Waals surface area contributed by atoms with Gasteiger partial charge >= 0.3 is 0 Å². The van der Waals surface area contributed by atoms with Crippen molar-refractivity contribution in [2.75, 3.05) is 7.11 Å². The van der Waals surface area contributed by atoms with Crippen LogP contribution < -0.4 is 5.73 Å². The number of rotatable bonds is 1. The molecule has 0 aromatic carbocycles. The molecule has 2 atom stereocenters. The largest absolute Gasteiger partial charge is 0.382 e. The molecular weight excluding hydrogens is 267 g/mol. The van der Waals surface area contributed by atoms with E-state index in [0.717, 1.165) is 0 Å². The normalized spacial score (nSPS) is 24.9. The summed E-state index contributed by atoms with van der Waals surface area (Å²) in [5.41, 5.74) is 6.17. The molecule has 1 aromatic rings. The van der Waals surface area contributed by atoms with Gasteiger partial charge in [0.05, 0.1) is 0 Å². The second-order valence-electron chi connectivity index (χ2n) is 3.18. The van der Waals surface area contributed by atoms with Gasteiger partial charge in [0.1, 0.15) is 22.0 Å². The van der Waals surface area contributed by atoms with Gasteiger partial charge in [0.2, 0.25) is 12.5 Å². The Morgan fingerprint density at radius 3 is 2.87 bits per heavy atom. The maximum Gasteiger partial charge on any atom is 0.224 e. The predicted octanol–water partition coefficient (Wildman–Crippen LogP) is 1.11. The predicted molar refractivity (Wildman–Crippen MR) is 56.3 cm³/mol. The van der Waals surface area contributed by atoms with Crippen LogP contribution in [0, 0.1) is 6.92 Å². The summed E-state index contributed by atoms with van der Waals surface area (Å²) in [5.74, 6) is 0.757. The minimum atomic E-state index is -1.39. The third kappa shape index (κ3) is 1.46. The Hall–Kier alpha value is -0.950. The Bertz CT molecular complexity index is 431. The second-order valence-corrected chi connectivity index (χ2v) is 3.93. The Morgan fingerprint density at radius 2 is 2.27 bits per heavy atom. The van der Waals surface area contributed by atoms with Crippen molar-refractivity contribution in [2.45, 2.75) is 19.4 Å². The number of nitrogens with zero attached hydrogens (tertiary/aromatic N) is 3. The van der Waals surface area contributed by atoms with E-state index >= 15 is 0 Å². The molecule has 0 bridgehead atoms. The van der Waals surface area contributed by atoms with E-state index in [4.69, 9.17) is 10.5 Å². The number of hydrogen-bond donors (Lipinski definition) is 1. The number of halogens is 2. The lowest BCUT2D eigenvalue weighted by molar-refractivity contribution is -0.000356. The molecule has 1 aliphatic rings. The maximum atomic E-state index is 13.9. The summed E-state index contributed by atoms with van der Waals surface area (Å²) < 4.78 is 20.7. The van der Waals surface area contributed by atoms with Crippen LogP contribution in [0.3, 0.4) is 0 Å². The monoisotopic (exact) mass is 276 g/mol. The van der Waals surface area contributed by atoms with Gasteiger partial charge in [-0.1, -0.05) is 0 Å². The molecule has 0 spiro atoms. The number of aliphatic imine (C=N–C) groups is 1. The molecule has 0 fully saturated rings. The summed E-state index contributed by atoms with van der Waals surface area (Å²) in [5, 5.41) is 0. The second kappa shape index (κ2) is 3.57. The van der Waals surface area contributed by atoms with Gasteiger partial charge in [-0.05, 0) is 22.9 Å². The van der Waals surface area contributed by atoms with Crippen LogP contribution in [0.1, 0.15) is 17.8 Å². The first-order valence-corrected chi connectivity index (χ1v) is 5.10. The molecule has 2 rings (SSSR count). The van der Waals surface area contributed by atoms with Gasteiger partial charge in [-0.3, -0.25) is 4.57 Å². The van der Waals surface area contributed by atoms with E-state index < -0.39 is 12.5 Å². The van der Waals surface area contributed by atoms with Gasteiger partial charge < -0.3 is 10.5 Å². The standard InChI is InChI=1S/C8H10BrFN4O/c1-3-12-5(9)4-7(11)13-8(15-2)6(10)14(3)4/h6,8H,1-2H3,(H2,11,13). The van der Waals surface area contributed by atoms with E-state index in [9.17, 15) is 4.39 Å². The SMILES string of the molecule is COC1N=C(N)c2c(Br)nc(C)n2C1F. The molecule has 7 heteroatoms. The first-order valence-electron chi connectivity index (χ1n) is 4.31. The Morgan fingerprint density at radius 1 is 1.60 bits per heavy atom. The van der Waals surface area contributed by atoms with E-state index in [1.165, 1.54) is 11.7 Å². The molecule has 2 N–H and O–H groups in total. The fourth-order valence-electron chi connectivity index (χ4n) is 1.59. The van der Waals surface area contributed by atoms with Gasteiger partial charge in [-0.25, -0.2) is 14.4 Å². The summed E-state index contributed by atoms with van der Waals surface area (Å²) >= 11 is 3.21. The van der Waals surface area contributed by atoms with Crippen LogP contribution in [-0.4, -0.2) is 28.7 Å². The molecule has 0 saturated heterocycles. The van der Waals surface area contributed by atoms with E-state index in [0.29, 0.717) is 16.1 Å². The number of amidine groups is 1. The van der Waals surface area contributed by atoms with Crippen molar-refractivity contribution in [3.05, 3.63) is 16.1 Å². The van der Waals surface area contributed by atoms with Crippen LogP contribution in [0.2, 0.25) is 0 Å². The lowest BCUT2D eigenvalue weighted by Crippen LogP contribution is -2.34. The van der Waals surface area contributed by atoms with Crippen molar-refractivity contribution in [1.29, 1.82) is 0 Å². The highest BCUT2D eigenvalue weighted by Crippen LogP contribution is 2.30. The summed E-state index contributed by atoms with van der Waals surface area (Å²) in [6, 6.07) is 0. The minimum Gasteiger partial charge on any atom is -0.382 e. The Kier molecular flexibility index (Phi) is 2.51. The fourth-order valence-corrected chi connectivity index (χ4v) is 2.24. The molecule has 0 saturated carbocycles. The van der Waals surface area contributed by atoms with Gasteiger partial charge in [0.15, 0.2) is 0 Å². The number of ether oxygens (including phenoxy) is 1. The van der Waals surface area contributed by atoms with Crippen molar-refractivity contribution in [1.82, 2.24) is 9.55 Å². The molecule has 2 unspecified atom stereocenters. The third-order valence-electron chi connectivity index (χ3n) is 2.28. The first kappa shape index (κ1) is 10.6. The Labute approximate surface area is 94.3 Å². The van der Waals surface area contributed by atoms with Gasteiger partial charge in [-0.15, -0.1) is 0 Å². The first-order chi connectivity index (χ1) is 7.06. The molecule has 15 heavy (non-hydrogen) atoms. The topological polar surface area (TPSA) is 65.4 Å². The molecule has 5 nitrogen and oxygen atoms in total. The number of aromatic nitrogens is 2. The molecule has 82 valence electrons. The van der Waals surface area contributed by atoms with E-state index in [1.54, 1.807) is 6.92 Å². The maximum absolute atomic E-state index is 13.9. The number of aryl methyl sites for hydroxylation is 1. The zero-order valence-corrected chi connectivity index (χ0v) is 9.82. The molecule has 0 amide bonds. The number of methoxy groups -OCH3 is 1. The number of fused-ring (bicyclic) bond motifs is 1. The third-order valence-corrected chi connectivity index (χ3v) is 2.83. The van der Waals surface area contributed by atoms with Crippen molar-refractivity contribution < 1.29 is 9.13 Å². The summed E-state index contributed by atoms with van der Waals surface area (Å²) in [6.07, 6.45) is -2.30. The number of hydrogen-bond acceptors (Lipinski definition) is 4. The van der Waals surface area contributed by atoms with Crippen LogP contribution in [0.5, 0.6) is 0 Å². The smallest absolute Gasteiger partial charge is 0.224 e. The molecule has 0 aliphatic carbocycles. The molecule has 1 aromatic heterocycles. The number of alkyl halides is 1. The van der Waals surface area contributed by atoms with Crippen molar-refractivity contribution in [3.8, 4) is 0 Å². The average molecular weight is 277 g/mol. The van der Waals surface area contributed by atoms with Gasteiger partial charge in [0, 0.05) is 7.11 Å². The highest BCUT2D eigenvalue weighted by atomic mass is 79.9.